The molecule has 0 spiro atoms. The fourth-order valence-electron chi connectivity index (χ4n) is 1.24. The van der Waals surface area contributed by atoms with Crippen LogP contribution >= 0.6 is 0 Å². The predicted octanol–water partition coefficient (Wildman–Crippen LogP) is 2.67. The van der Waals surface area contributed by atoms with Crippen molar-refractivity contribution in [2.45, 2.75) is 6.92 Å². The molecule has 1 N–H and O–H groups in total. The first-order valence-corrected chi connectivity index (χ1v) is 5.56. The van der Waals surface area contributed by atoms with Crippen LogP contribution in [0.5, 0.6) is 0 Å². The van der Waals surface area contributed by atoms with E-state index >= 15 is 0 Å². The number of hydrogen-bond donors (Lipinski definition) is 1. The first-order chi connectivity index (χ1) is 9.08. The molecule has 0 aliphatic carbocycles. The average molecular weight is 264 g/mol. The number of ether oxygens (including phenoxy) is 2. The van der Waals surface area contributed by atoms with E-state index in [0.717, 1.165) is 5.56 Å². The third kappa shape index (κ3) is 4.51. The minimum atomic E-state index is -0.773. The van der Waals surface area contributed by atoms with E-state index in [-0.39, 0.29) is 18.1 Å². The van der Waals surface area contributed by atoms with Crippen molar-refractivity contribution in [1.82, 2.24) is 0 Å². The number of esters is 1. The van der Waals surface area contributed by atoms with Crippen LogP contribution in [0.4, 0.5) is 5.69 Å². The first kappa shape index (κ1) is 14.8. The van der Waals surface area contributed by atoms with Crippen LogP contribution in [0.15, 0.2) is 46.0 Å². The lowest BCUT2D eigenvalue weighted by Crippen LogP contribution is -2.08. The summed E-state index contributed by atoms with van der Waals surface area (Å²) in [5.74, 6) is -1.10. The van der Waals surface area contributed by atoms with E-state index in [0.29, 0.717) is 5.69 Å². The van der Waals surface area contributed by atoms with Crippen molar-refractivity contribution >= 4 is 11.7 Å². The number of carbonyl (C=O) groups is 1. The van der Waals surface area contributed by atoms with Crippen LogP contribution in [0.1, 0.15) is 5.56 Å². The maximum atomic E-state index is 11.5. The summed E-state index contributed by atoms with van der Waals surface area (Å²) in [7, 11) is 2.59. The van der Waals surface area contributed by atoms with Crippen LogP contribution in [0.2, 0.25) is 0 Å². The van der Waals surface area contributed by atoms with Crippen LogP contribution in [0, 0.1) is 6.92 Å². The Balaban J connectivity index is 2.98. The lowest BCUT2D eigenvalue weighted by atomic mass is 10.2. The van der Waals surface area contributed by atoms with Crippen molar-refractivity contribution in [3.63, 3.8) is 0 Å². The van der Waals surface area contributed by atoms with Gasteiger partial charge in [0.1, 0.15) is 6.61 Å². The van der Waals surface area contributed by atoms with Gasteiger partial charge in [-0.1, -0.05) is 17.7 Å². The third-order valence-corrected chi connectivity index (χ3v) is 2.23. The van der Waals surface area contributed by atoms with Gasteiger partial charge in [0.15, 0.2) is 5.76 Å². The molecule has 0 aliphatic rings. The zero-order valence-corrected chi connectivity index (χ0v) is 11.1. The highest BCUT2D eigenvalue weighted by Gasteiger charge is 2.15. The molecule has 1 aromatic carbocycles. The van der Waals surface area contributed by atoms with E-state index in [4.69, 9.17) is 4.74 Å². The van der Waals surface area contributed by atoms with Crippen molar-refractivity contribution < 1.29 is 19.4 Å². The molecule has 0 bridgehead atoms. The maximum Gasteiger partial charge on any atom is 0.362 e. The normalized spacial score (nSPS) is 12.4. The van der Waals surface area contributed by atoms with E-state index in [1.807, 2.05) is 19.1 Å². The number of nitrogens with zero attached hydrogens (tertiary/aromatic N) is 2. The molecule has 0 aliphatic heterocycles. The average Bonchev–Trinajstić information content (AvgIpc) is 2.41. The van der Waals surface area contributed by atoms with Gasteiger partial charge < -0.3 is 14.6 Å². The van der Waals surface area contributed by atoms with Crippen LogP contribution in [0.3, 0.4) is 0 Å². The maximum absolute atomic E-state index is 11.5. The summed E-state index contributed by atoms with van der Waals surface area (Å²) in [6, 6.07) is 7.23. The molecule has 6 nitrogen and oxygen atoms in total. The summed E-state index contributed by atoms with van der Waals surface area (Å²) < 4.78 is 9.25. The lowest BCUT2D eigenvalue weighted by Gasteiger charge is -2.03. The fraction of sp³-hybridized carbons (Fsp3) is 0.308. The second kappa shape index (κ2) is 7.27. The Hall–Kier alpha value is -2.21. The van der Waals surface area contributed by atoms with Crippen LogP contribution in [-0.4, -0.2) is 31.9 Å². The van der Waals surface area contributed by atoms with Crippen LogP contribution in [0.25, 0.3) is 0 Å². The van der Waals surface area contributed by atoms with E-state index in [9.17, 15) is 9.90 Å². The second-order valence-corrected chi connectivity index (χ2v) is 3.76. The molecule has 0 saturated carbocycles. The quantitative estimate of drug-likeness (QED) is 0.383. The van der Waals surface area contributed by atoms with Gasteiger partial charge in [-0.3, -0.25) is 0 Å². The Morgan fingerprint density at radius 2 is 1.89 bits per heavy atom. The fourth-order valence-corrected chi connectivity index (χ4v) is 1.24. The Morgan fingerprint density at radius 1 is 1.26 bits per heavy atom. The number of carbonyl (C=O) groups excluding carboxylic acids is 1. The predicted molar refractivity (Wildman–Crippen MR) is 69.2 cm³/mol. The van der Waals surface area contributed by atoms with Gasteiger partial charge in [-0.15, -0.1) is 5.11 Å². The largest absolute Gasteiger partial charge is 0.507 e. The number of aryl methyl sites for hydroxylation is 1. The molecule has 0 radical (unpaired) electrons. The SMILES string of the molecule is COC/C(O)=C(\N=Nc1ccc(C)cc1)C(=O)OC. The third-order valence-electron chi connectivity index (χ3n) is 2.23. The molecule has 0 saturated heterocycles. The summed E-state index contributed by atoms with van der Waals surface area (Å²) >= 11 is 0. The van der Waals surface area contributed by atoms with Crippen molar-refractivity contribution in [3.05, 3.63) is 41.3 Å². The number of rotatable bonds is 5. The summed E-state index contributed by atoms with van der Waals surface area (Å²) in [6.45, 7) is 1.81. The first-order valence-electron chi connectivity index (χ1n) is 5.56. The highest BCUT2D eigenvalue weighted by Crippen LogP contribution is 2.16. The van der Waals surface area contributed by atoms with Gasteiger partial charge in [0.2, 0.25) is 5.70 Å². The Bertz CT molecular complexity index is 492. The van der Waals surface area contributed by atoms with Gasteiger partial charge in [-0.25, -0.2) is 4.79 Å². The van der Waals surface area contributed by atoms with Gasteiger partial charge in [0.25, 0.3) is 0 Å². The molecule has 0 aromatic heterocycles. The molecule has 0 fully saturated rings. The molecule has 6 heteroatoms. The zero-order valence-electron chi connectivity index (χ0n) is 11.1. The number of azo groups is 1. The minimum Gasteiger partial charge on any atom is -0.507 e. The summed E-state index contributed by atoms with van der Waals surface area (Å²) in [5, 5.41) is 17.2. The highest BCUT2D eigenvalue weighted by molar-refractivity contribution is 5.88. The van der Waals surface area contributed by atoms with Crippen molar-refractivity contribution in [3.8, 4) is 0 Å². The zero-order chi connectivity index (χ0) is 14.3. The molecule has 0 heterocycles. The molecule has 0 atom stereocenters. The molecule has 1 aromatic rings. The van der Waals surface area contributed by atoms with Gasteiger partial charge in [-0.2, -0.15) is 5.11 Å². The van der Waals surface area contributed by atoms with Crippen LogP contribution in [-0.2, 0) is 14.3 Å². The molecular weight excluding hydrogens is 248 g/mol. The monoisotopic (exact) mass is 264 g/mol. The van der Waals surface area contributed by atoms with Crippen molar-refractivity contribution in [2.75, 3.05) is 20.8 Å². The summed E-state index contributed by atoms with van der Waals surface area (Å²) in [5.41, 5.74) is 1.38. The number of benzene rings is 1. The molecule has 0 unspecified atom stereocenters. The molecule has 1 rings (SSSR count). The minimum absolute atomic E-state index is 0.142. The topological polar surface area (TPSA) is 80.5 Å². The number of aliphatic hydroxyl groups excluding tert-OH is 1. The standard InChI is InChI=1S/C13H16N2O4/c1-9-4-6-10(7-5-9)14-15-12(13(17)19-3)11(16)8-18-2/h4-7,16H,8H2,1-3H3/b12-11+,15-14?. The summed E-state index contributed by atoms with van der Waals surface area (Å²) in [6.07, 6.45) is 0. The number of methoxy groups -OCH3 is 2. The summed E-state index contributed by atoms with van der Waals surface area (Å²) in [4.78, 5) is 11.5. The lowest BCUT2D eigenvalue weighted by molar-refractivity contribution is -0.136. The Labute approximate surface area is 111 Å². The molecule has 19 heavy (non-hydrogen) atoms. The Morgan fingerprint density at radius 3 is 2.42 bits per heavy atom. The van der Waals surface area contributed by atoms with Crippen molar-refractivity contribution in [1.29, 1.82) is 0 Å². The van der Waals surface area contributed by atoms with E-state index in [1.54, 1.807) is 12.1 Å². The van der Waals surface area contributed by atoms with E-state index < -0.39 is 5.97 Å². The Kier molecular flexibility index (Phi) is 5.69. The van der Waals surface area contributed by atoms with Gasteiger partial charge >= 0.3 is 5.97 Å². The number of hydrogen-bond acceptors (Lipinski definition) is 6. The molecule has 102 valence electrons. The smallest absolute Gasteiger partial charge is 0.362 e. The molecular formula is C13H16N2O4. The van der Waals surface area contributed by atoms with E-state index in [2.05, 4.69) is 15.0 Å². The van der Waals surface area contributed by atoms with Crippen LogP contribution < -0.4 is 0 Å². The molecule has 0 amide bonds. The van der Waals surface area contributed by atoms with E-state index in [1.165, 1.54) is 14.2 Å². The van der Waals surface area contributed by atoms with Crippen molar-refractivity contribution in [2.24, 2.45) is 10.2 Å². The van der Waals surface area contributed by atoms with Gasteiger partial charge in [-0.05, 0) is 19.1 Å². The highest BCUT2D eigenvalue weighted by atomic mass is 16.5. The second-order valence-electron chi connectivity index (χ2n) is 3.76. The van der Waals surface area contributed by atoms with Gasteiger partial charge in [0.05, 0.1) is 12.8 Å². The van der Waals surface area contributed by atoms with Gasteiger partial charge in [0, 0.05) is 7.11 Å². The number of aliphatic hydroxyl groups is 1.